The fourth-order valence-corrected chi connectivity index (χ4v) is 1.85. The van der Waals surface area contributed by atoms with Gasteiger partial charge in [-0.15, -0.1) is 6.58 Å². The van der Waals surface area contributed by atoms with Crippen molar-refractivity contribution in [1.29, 1.82) is 0 Å². The number of allylic oxidation sites excluding steroid dienone is 1. The molecule has 2 rings (SSSR count). The lowest BCUT2D eigenvalue weighted by Gasteiger charge is -2.10. The number of hydrogen-bond acceptors (Lipinski definition) is 3. The normalized spacial score (nSPS) is 10.3. The fourth-order valence-electron chi connectivity index (χ4n) is 1.85. The zero-order chi connectivity index (χ0) is 13.8. The van der Waals surface area contributed by atoms with Gasteiger partial charge in [-0.1, -0.05) is 36.4 Å². The average molecular weight is 258 g/mol. The van der Waals surface area contributed by atoms with Gasteiger partial charge in [0, 0.05) is 6.54 Å². The summed E-state index contributed by atoms with van der Waals surface area (Å²) in [6.45, 7) is 3.83. The molecule has 0 fully saturated rings. The summed E-state index contributed by atoms with van der Waals surface area (Å²) >= 11 is 0. The Morgan fingerprint density at radius 3 is 2.58 bits per heavy atom. The molecule has 98 valence electrons. The van der Waals surface area contributed by atoms with Gasteiger partial charge in [-0.05, 0) is 12.0 Å². The van der Waals surface area contributed by atoms with Crippen LogP contribution < -0.4 is 11.2 Å². The van der Waals surface area contributed by atoms with Crippen molar-refractivity contribution in [2.45, 2.75) is 13.0 Å². The highest BCUT2D eigenvalue weighted by molar-refractivity contribution is 5.67. The van der Waals surface area contributed by atoms with E-state index in [1.807, 2.05) is 6.07 Å². The van der Waals surface area contributed by atoms with Crippen molar-refractivity contribution in [2.75, 3.05) is 0 Å². The maximum atomic E-state index is 11.8. The molecule has 2 N–H and O–H groups in total. The lowest BCUT2D eigenvalue weighted by molar-refractivity contribution is 0.404. The Kier molecular flexibility index (Phi) is 3.66. The Labute approximate surface area is 109 Å². The van der Waals surface area contributed by atoms with Crippen LogP contribution in [0.5, 0.6) is 5.88 Å². The molecule has 0 unspecified atom stereocenters. The molecule has 0 radical (unpaired) electrons. The molecule has 0 aliphatic heterocycles. The standard InChI is InChI=1S/C14H14N2O3/c1-2-3-9-16-13(18)11(12(17)15-14(16)19)10-7-5-4-6-8-10/h2,4-8,18H,1,3,9H2,(H,15,17,19). The van der Waals surface area contributed by atoms with Crippen LogP contribution in [0.4, 0.5) is 0 Å². The quantitative estimate of drug-likeness (QED) is 0.816. The Hall–Kier alpha value is -2.56. The molecule has 0 saturated heterocycles. The second-order valence-electron chi connectivity index (χ2n) is 4.05. The zero-order valence-corrected chi connectivity index (χ0v) is 10.3. The van der Waals surface area contributed by atoms with Gasteiger partial charge in [0.2, 0.25) is 5.88 Å². The molecule has 5 heteroatoms. The predicted octanol–water partition coefficient (Wildman–Crippen LogP) is 1.49. The SMILES string of the molecule is C=CCCn1c(O)c(-c2ccccc2)c(=O)[nH]c1=O. The van der Waals surface area contributed by atoms with E-state index in [1.54, 1.807) is 30.3 Å². The molecule has 1 aromatic heterocycles. The topological polar surface area (TPSA) is 75.1 Å². The van der Waals surface area contributed by atoms with Gasteiger partial charge in [0.05, 0.1) is 0 Å². The van der Waals surface area contributed by atoms with Gasteiger partial charge >= 0.3 is 5.69 Å². The van der Waals surface area contributed by atoms with Gasteiger partial charge in [-0.25, -0.2) is 4.79 Å². The van der Waals surface area contributed by atoms with Crippen LogP contribution in [0.1, 0.15) is 6.42 Å². The first-order valence-electron chi connectivity index (χ1n) is 5.87. The van der Waals surface area contributed by atoms with E-state index in [9.17, 15) is 14.7 Å². The summed E-state index contributed by atoms with van der Waals surface area (Å²) < 4.78 is 1.13. The summed E-state index contributed by atoms with van der Waals surface area (Å²) in [5.41, 5.74) is -0.551. The van der Waals surface area contributed by atoms with Crippen molar-refractivity contribution in [3.05, 3.63) is 63.8 Å². The number of nitrogens with zero attached hydrogens (tertiary/aromatic N) is 1. The highest BCUT2D eigenvalue weighted by atomic mass is 16.3. The maximum absolute atomic E-state index is 11.8. The molecule has 0 spiro atoms. The smallest absolute Gasteiger partial charge is 0.331 e. The van der Waals surface area contributed by atoms with Crippen LogP contribution in [0.25, 0.3) is 11.1 Å². The van der Waals surface area contributed by atoms with Crippen molar-refractivity contribution >= 4 is 0 Å². The number of aromatic amines is 1. The van der Waals surface area contributed by atoms with Crippen molar-refractivity contribution in [3.63, 3.8) is 0 Å². The molecule has 0 atom stereocenters. The van der Waals surface area contributed by atoms with Crippen LogP contribution in [-0.2, 0) is 6.54 Å². The first-order valence-corrected chi connectivity index (χ1v) is 5.87. The van der Waals surface area contributed by atoms with E-state index in [0.717, 1.165) is 4.57 Å². The lowest BCUT2D eigenvalue weighted by Crippen LogP contribution is -2.31. The van der Waals surface area contributed by atoms with E-state index in [-0.39, 0.29) is 18.0 Å². The third kappa shape index (κ3) is 2.49. The monoisotopic (exact) mass is 258 g/mol. The number of aromatic nitrogens is 2. The van der Waals surface area contributed by atoms with E-state index < -0.39 is 11.2 Å². The van der Waals surface area contributed by atoms with E-state index >= 15 is 0 Å². The number of rotatable bonds is 4. The van der Waals surface area contributed by atoms with Gasteiger partial charge in [0.25, 0.3) is 5.56 Å². The van der Waals surface area contributed by atoms with Crippen LogP contribution in [0, 0.1) is 0 Å². The van der Waals surface area contributed by atoms with Gasteiger partial charge in [0.15, 0.2) is 0 Å². The summed E-state index contributed by atoms with van der Waals surface area (Å²) in [5.74, 6) is -0.318. The first-order chi connectivity index (χ1) is 9.15. The maximum Gasteiger partial charge on any atom is 0.331 e. The van der Waals surface area contributed by atoms with Gasteiger partial charge in [-0.3, -0.25) is 14.3 Å². The van der Waals surface area contributed by atoms with Crippen LogP contribution >= 0.6 is 0 Å². The molecular weight excluding hydrogens is 244 g/mol. The molecule has 0 aliphatic rings. The summed E-state index contributed by atoms with van der Waals surface area (Å²) in [5, 5.41) is 10.1. The highest BCUT2D eigenvalue weighted by Crippen LogP contribution is 2.23. The Morgan fingerprint density at radius 1 is 1.26 bits per heavy atom. The largest absolute Gasteiger partial charge is 0.494 e. The molecular formula is C14H14N2O3. The number of nitrogens with one attached hydrogen (secondary N) is 1. The number of hydrogen-bond donors (Lipinski definition) is 2. The first kappa shape index (κ1) is 12.9. The minimum absolute atomic E-state index is 0.101. The summed E-state index contributed by atoms with van der Waals surface area (Å²) in [6.07, 6.45) is 2.16. The Bertz CT molecular complexity index is 699. The second-order valence-corrected chi connectivity index (χ2v) is 4.05. The zero-order valence-electron chi connectivity index (χ0n) is 10.3. The lowest BCUT2D eigenvalue weighted by atomic mass is 10.1. The van der Waals surface area contributed by atoms with E-state index in [2.05, 4.69) is 11.6 Å². The molecule has 1 aromatic carbocycles. The Morgan fingerprint density at radius 2 is 1.95 bits per heavy atom. The van der Waals surface area contributed by atoms with Crippen LogP contribution in [0.2, 0.25) is 0 Å². The summed E-state index contributed by atoms with van der Waals surface area (Å²) in [6, 6.07) is 8.72. The van der Waals surface area contributed by atoms with Gasteiger partial charge < -0.3 is 5.11 Å². The molecule has 0 aliphatic carbocycles. The van der Waals surface area contributed by atoms with Gasteiger partial charge in [-0.2, -0.15) is 0 Å². The van der Waals surface area contributed by atoms with Crippen LogP contribution in [0.15, 0.2) is 52.6 Å². The minimum Gasteiger partial charge on any atom is -0.494 e. The average Bonchev–Trinajstić information content (AvgIpc) is 2.39. The third-order valence-electron chi connectivity index (χ3n) is 2.79. The molecule has 2 aromatic rings. The molecule has 0 bridgehead atoms. The number of H-pyrrole nitrogens is 1. The third-order valence-corrected chi connectivity index (χ3v) is 2.79. The fraction of sp³-hybridized carbons (Fsp3) is 0.143. The molecule has 1 heterocycles. The molecule has 0 saturated carbocycles. The van der Waals surface area contributed by atoms with Crippen LogP contribution in [-0.4, -0.2) is 14.7 Å². The van der Waals surface area contributed by atoms with Crippen molar-refractivity contribution in [1.82, 2.24) is 9.55 Å². The van der Waals surface area contributed by atoms with E-state index in [0.29, 0.717) is 12.0 Å². The van der Waals surface area contributed by atoms with Crippen molar-refractivity contribution in [3.8, 4) is 17.0 Å². The highest BCUT2D eigenvalue weighted by Gasteiger charge is 2.14. The number of aromatic hydroxyl groups is 1. The van der Waals surface area contributed by atoms with Crippen molar-refractivity contribution in [2.24, 2.45) is 0 Å². The minimum atomic E-state index is -0.621. The van der Waals surface area contributed by atoms with Gasteiger partial charge in [0.1, 0.15) is 5.56 Å². The molecule has 19 heavy (non-hydrogen) atoms. The summed E-state index contributed by atoms with van der Waals surface area (Å²) in [4.78, 5) is 25.7. The molecule has 5 nitrogen and oxygen atoms in total. The second kappa shape index (κ2) is 5.39. The summed E-state index contributed by atoms with van der Waals surface area (Å²) in [7, 11) is 0. The Balaban J connectivity index is 2.65. The van der Waals surface area contributed by atoms with E-state index in [4.69, 9.17) is 0 Å². The van der Waals surface area contributed by atoms with Crippen LogP contribution in [0.3, 0.4) is 0 Å². The predicted molar refractivity (Wildman–Crippen MR) is 73.2 cm³/mol. The van der Waals surface area contributed by atoms with Crippen molar-refractivity contribution < 1.29 is 5.11 Å². The van der Waals surface area contributed by atoms with E-state index in [1.165, 1.54) is 0 Å². The molecule has 0 amide bonds. The number of benzene rings is 1.